The standard InChI is InChI=1S/C18H28F2N2O7/c1-9(23)22-12-11(21)15(19)18(20,16(25)26-2)29-14(12)13(24)10-8-27-17(28-10)6-4-3-5-7-17/h10-15,24H,3-8,21H2,1-2H3,(H,22,23)/t10-,11-,12-,13-,14-,15-,18-/m1/s1. The van der Waals surface area contributed by atoms with Gasteiger partial charge in [-0.2, -0.15) is 4.39 Å². The highest BCUT2D eigenvalue weighted by molar-refractivity contribution is 5.79. The quantitative estimate of drug-likeness (QED) is 0.533. The lowest BCUT2D eigenvalue weighted by Crippen LogP contribution is -2.73. The molecule has 0 aromatic carbocycles. The van der Waals surface area contributed by atoms with E-state index in [1.54, 1.807) is 0 Å². The van der Waals surface area contributed by atoms with Gasteiger partial charge in [-0.1, -0.05) is 6.42 Å². The summed E-state index contributed by atoms with van der Waals surface area (Å²) in [4.78, 5) is 23.4. The number of halogens is 2. The van der Waals surface area contributed by atoms with E-state index >= 15 is 4.39 Å². The van der Waals surface area contributed by atoms with Gasteiger partial charge in [0, 0.05) is 19.8 Å². The van der Waals surface area contributed by atoms with Gasteiger partial charge in [0.1, 0.15) is 18.3 Å². The lowest BCUT2D eigenvalue weighted by Gasteiger charge is -2.46. The number of hydrogen-bond donors (Lipinski definition) is 3. The maximum atomic E-state index is 15.1. The summed E-state index contributed by atoms with van der Waals surface area (Å²) in [6, 6.07) is -2.99. The van der Waals surface area contributed by atoms with Crippen LogP contribution in [0.15, 0.2) is 0 Å². The summed E-state index contributed by atoms with van der Waals surface area (Å²) in [6.45, 7) is 1.16. The molecule has 0 aromatic heterocycles. The second-order valence-corrected chi connectivity index (χ2v) is 7.85. The number of carbonyl (C=O) groups is 2. The highest BCUT2D eigenvalue weighted by atomic mass is 19.2. The third-order valence-electron chi connectivity index (χ3n) is 5.81. The summed E-state index contributed by atoms with van der Waals surface area (Å²) in [5, 5.41) is 13.3. The van der Waals surface area contributed by atoms with Crippen LogP contribution in [0.4, 0.5) is 8.78 Å². The molecule has 11 heteroatoms. The molecule has 166 valence electrons. The minimum atomic E-state index is -3.53. The monoisotopic (exact) mass is 422 g/mol. The number of esters is 1. The molecular formula is C18H28F2N2O7. The van der Waals surface area contributed by atoms with Crippen LogP contribution < -0.4 is 11.1 Å². The van der Waals surface area contributed by atoms with Crippen molar-refractivity contribution in [2.75, 3.05) is 13.7 Å². The van der Waals surface area contributed by atoms with Gasteiger partial charge in [-0.25, -0.2) is 9.18 Å². The normalized spacial score (nSPS) is 40.4. The zero-order valence-corrected chi connectivity index (χ0v) is 16.4. The van der Waals surface area contributed by atoms with E-state index in [4.69, 9.17) is 19.9 Å². The van der Waals surface area contributed by atoms with Gasteiger partial charge >= 0.3 is 11.8 Å². The molecule has 1 saturated carbocycles. The fraction of sp³-hybridized carbons (Fsp3) is 0.889. The molecule has 3 aliphatic rings. The summed E-state index contributed by atoms with van der Waals surface area (Å²) < 4.78 is 50.9. The molecule has 2 heterocycles. The van der Waals surface area contributed by atoms with Crippen LogP contribution in [0.3, 0.4) is 0 Å². The fourth-order valence-corrected chi connectivity index (χ4v) is 4.29. The molecule has 0 aromatic rings. The van der Waals surface area contributed by atoms with Crippen LogP contribution in [-0.2, 0) is 28.5 Å². The van der Waals surface area contributed by atoms with Crippen LogP contribution in [0.1, 0.15) is 39.0 Å². The molecule has 3 fully saturated rings. The molecule has 9 nitrogen and oxygen atoms in total. The number of aliphatic hydroxyl groups is 1. The first-order valence-electron chi connectivity index (χ1n) is 9.75. The van der Waals surface area contributed by atoms with Crippen molar-refractivity contribution in [3.63, 3.8) is 0 Å². The van der Waals surface area contributed by atoms with Crippen molar-refractivity contribution >= 4 is 11.9 Å². The molecule has 0 unspecified atom stereocenters. The maximum absolute atomic E-state index is 15.1. The number of nitrogens with one attached hydrogen (secondary N) is 1. The first kappa shape index (κ1) is 22.3. The Bertz CT molecular complexity index is 633. The number of methoxy groups -OCH3 is 1. The van der Waals surface area contributed by atoms with Gasteiger partial charge in [0.05, 0.1) is 25.8 Å². The molecular weight excluding hydrogens is 394 g/mol. The Morgan fingerprint density at radius 3 is 2.52 bits per heavy atom. The Labute approximate surface area is 167 Å². The SMILES string of the molecule is COC(=O)[C@]1(F)O[C@@H]([C@H](O)[C@H]2COC3(CCCCC3)O2)[C@H](NC(C)=O)[C@@H](N)[C@H]1F. The second-order valence-electron chi connectivity index (χ2n) is 7.85. The van der Waals surface area contributed by atoms with Crippen molar-refractivity contribution in [2.45, 2.75) is 87.2 Å². The summed E-state index contributed by atoms with van der Waals surface area (Å²) >= 11 is 0. The van der Waals surface area contributed by atoms with Crippen molar-refractivity contribution < 1.29 is 42.4 Å². The summed E-state index contributed by atoms with van der Waals surface area (Å²) in [7, 11) is 0.872. The molecule has 2 saturated heterocycles. The molecule has 7 atom stereocenters. The highest BCUT2D eigenvalue weighted by Crippen LogP contribution is 2.41. The minimum absolute atomic E-state index is 0.000377. The van der Waals surface area contributed by atoms with E-state index in [1.165, 1.54) is 0 Å². The number of aliphatic hydroxyl groups excluding tert-OH is 1. The van der Waals surface area contributed by atoms with E-state index in [0.717, 1.165) is 33.3 Å². The molecule has 1 amide bonds. The number of alkyl halides is 2. The molecule has 3 rings (SSSR count). The Kier molecular flexibility index (Phi) is 6.44. The van der Waals surface area contributed by atoms with Crippen LogP contribution in [-0.4, -0.2) is 78.9 Å². The minimum Gasteiger partial charge on any atom is -0.465 e. The van der Waals surface area contributed by atoms with Gasteiger partial charge < -0.3 is 35.1 Å². The molecule has 0 radical (unpaired) electrons. The maximum Gasteiger partial charge on any atom is 0.375 e. The lowest BCUT2D eigenvalue weighted by molar-refractivity contribution is -0.280. The van der Waals surface area contributed by atoms with Crippen LogP contribution in [0.2, 0.25) is 0 Å². The van der Waals surface area contributed by atoms with Crippen molar-refractivity contribution in [1.29, 1.82) is 0 Å². The predicted molar refractivity (Wildman–Crippen MR) is 93.9 cm³/mol. The van der Waals surface area contributed by atoms with E-state index in [9.17, 15) is 19.1 Å². The molecule has 1 spiro atoms. The molecule has 2 aliphatic heterocycles. The molecule has 4 N–H and O–H groups in total. The number of ether oxygens (including phenoxy) is 4. The zero-order chi connectivity index (χ0) is 21.4. The Morgan fingerprint density at radius 1 is 1.28 bits per heavy atom. The van der Waals surface area contributed by atoms with Crippen molar-refractivity contribution in [3.05, 3.63) is 0 Å². The van der Waals surface area contributed by atoms with E-state index in [1.807, 2.05) is 0 Å². The molecule has 1 aliphatic carbocycles. The van der Waals surface area contributed by atoms with Crippen molar-refractivity contribution in [3.8, 4) is 0 Å². The van der Waals surface area contributed by atoms with Crippen molar-refractivity contribution in [2.24, 2.45) is 5.73 Å². The fourth-order valence-electron chi connectivity index (χ4n) is 4.29. The number of nitrogens with two attached hydrogens (primary N) is 1. The number of rotatable bonds is 4. The third-order valence-corrected chi connectivity index (χ3v) is 5.81. The summed E-state index contributed by atoms with van der Waals surface area (Å²) in [6.07, 6.45) is -2.52. The van der Waals surface area contributed by atoms with Crippen LogP contribution in [0.25, 0.3) is 0 Å². The lowest BCUT2D eigenvalue weighted by atomic mass is 9.86. The first-order chi connectivity index (χ1) is 13.6. The van der Waals surface area contributed by atoms with Crippen molar-refractivity contribution in [1.82, 2.24) is 5.32 Å². The van der Waals surface area contributed by atoms with Gasteiger partial charge in [-0.05, 0) is 12.8 Å². The molecule has 29 heavy (non-hydrogen) atoms. The van der Waals surface area contributed by atoms with Gasteiger partial charge in [0.15, 0.2) is 12.0 Å². The summed E-state index contributed by atoms with van der Waals surface area (Å²) in [5.74, 6) is -6.57. The van der Waals surface area contributed by atoms with E-state index in [0.29, 0.717) is 12.8 Å². The average Bonchev–Trinajstić information content (AvgIpc) is 3.10. The highest BCUT2D eigenvalue weighted by Gasteiger charge is 2.63. The van der Waals surface area contributed by atoms with Gasteiger partial charge in [0.2, 0.25) is 5.91 Å². The summed E-state index contributed by atoms with van der Waals surface area (Å²) in [5.41, 5.74) is 5.80. The average molecular weight is 422 g/mol. The smallest absolute Gasteiger partial charge is 0.375 e. The topological polar surface area (TPSA) is 129 Å². The van der Waals surface area contributed by atoms with E-state index < -0.39 is 60.1 Å². The van der Waals surface area contributed by atoms with Crippen LogP contribution in [0.5, 0.6) is 0 Å². The van der Waals surface area contributed by atoms with Gasteiger partial charge in [-0.15, -0.1) is 0 Å². The van der Waals surface area contributed by atoms with Crippen LogP contribution in [0, 0.1) is 0 Å². The number of hydrogen-bond acceptors (Lipinski definition) is 8. The van der Waals surface area contributed by atoms with E-state index in [2.05, 4.69) is 10.1 Å². The Hall–Kier alpha value is -1.40. The van der Waals surface area contributed by atoms with Crippen LogP contribution >= 0.6 is 0 Å². The predicted octanol–water partition coefficient (Wildman–Crippen LogP) is -0.169. The zero-order valence-electron chi connectivity index (χ0n) is 16.4. The van der Waals surface area contributed by atoms with Gasteiger partial charge in [0.25, 0.3) is 0 Å². The second kappa shape index (κ2) is 8.38. The van der Waals surface area contributed by atoms with Gasteiger partial charge in [-0.3, -0.25) is 4.79 Å². The largest absolute Gasteiger partial charge is 0.465 e. The Balaban J connectivity index is 1.84. The van der Waals surface area contributed by atoms with E-state index in [-0.39, 0.29) is 6.61 Å². The first-order valence-corrected chi connectivity index (χ1v) is 9.75. The molecule has 0 bridgehead atoms. The Morgan fingerprint density at radius 2 is 1.93 bits per heavy atom. The number of amides is 1. The third kappa shape index (κ3) is 4.11. The number of carbonyl (C=O) groups excluding carboxylic acids is 2.